The number of carbonyl (C=O) groups excluding carboxylic acids is 3. The van der Waals surface area contributed by atoms with Crippen LogP contribution in [0.15, 0.2) is 29.3 Å². The van der Waals surface area contributed by atoms with Gasteiger partial charge < -0.3 is 48.5 Å². The number of aliphatic imine (C=N–C) groups is 1. The molecule has 38 heavy (non-hydrogen) atoms. The number of carbonyl (C=O) groups is 4. The third kappa shape index (κ3) is 11.0. The average molecular weight is 538 g/mol. The minimum atomic E-state index is -1.46. The Bertz CT molecular complexity index is 979. The quantitative estimate of drug-likeness (QED) is 0.0668. The lowest BCUT2D eigenvalue weighted by Crippen LogP contribution is -2.60. The van der Waals surface area contributed by atoms with Crippen LogP contribution in [0.5, 0.6) is 5.75 Å². The van der Waals surface area contributed by atoms with E-state index in [1.54, 1.807) is 13.8 Å². The molecular weight excluding hydrogens is 498 g/mol. The van der Waals surface area contributed by atoms with Crippen molar-refractivity contribution in [2.75, 3.05) is 6.54 Å². The third-order valence-electron chi connectivity index (χ3n) is 5.61. The molecule has 1 aromatic rings. The summed E-state index contributed by atoms with van der Waals surface area (Å²) >= 11 is 0. The lowest BCUT2D eigenvalue weighted by atomic mass is 10.0. The number of guanidine groups is 1. The van der Waals surface area contributed by atoms with Gasteiger partial charge in [0, 0.05) is 13.0 Å². The molecule has 1 aromatic carbocycles. The van der Waals surface area contributed by atoms with Gasteiger partial charge in [0.25, 0.3) is 0 Å². The number of aliphatic carboxylic acids is 1. The zero-order valence-electron chi connectivity index (χ0n) is 21.8. The van der Waals surface area contributed by atoms with Crippen molar-refractivity contribution >= 4 is 29.7 Å². The monoisotopic (exact) mass is 537 g/mol. The first-order chi connectivity index (χ1) is 17.7. The van der Waals surface area contributed by atoms with Gasteiger partial charge in [-0.3, -0.25) is 19.4 Å². The molecule has 14 nitrogen and oxygen atoms in total. The van der Waals surface area contributed by atoms with Gasteiger partial charge in [0.1, 0.15) is 23.9 Å². The van der Waals surface area contributed by atoms with Crippen molar-refractivity contribution in [3.05, 3.63) is 29.8 Å². The largest absolute Gasteiger partial charge is 0.508 e. The van der Waals surface area contributed by atoms with E-state index >= 15 is 0 Å². The number of phenolic OH excluding ortho intramolecular Hbond substituents is 1. The van der Waals surface area contributed by atoms with E-state index in [1.165, 1.54) is 31.2 Å². The van der Waals surface area contributed by atoms with E-state index in [0.717, 1.165) is 0 Å². The number of carboxylic acid groups (broad SMARTS) is 1. The fraction of sp³-hybridized carbons (Fsp3) is 0.542. The normalized spacial score (nSPS) is 14.9. The van der Waals surface area contributed by atoms with Crippen molar-refractivity contribution in [1.29, 1.82) is 0 Å². The fourth-order valence-corrected chi connectivity index (χ4v) is 3.42. The summed E-state index contributed by atoms with van der Waals surface area (Å²) in [7, 11) is 0. The highest BCUT2D eigenvalue weighted by Crippen LogP contribution is 2.12. The van der Waals surface area contributed by atoms with Crippen molar-refractivity contribution in [2.45, 2.75) is 70.3 Å². The van der Waals surface area contributed by atoms with Gasteiger partial charge in [0.15, 0.2) is 5.96 Å². The second-order valence-corrected chi connectivity index (χ2v) is 9.28. The summed E-state index contributed by atoms with van der Waals surface area (Å²) in [6, 6.07) is 0.910. The lowest BCUT2D eigenvalue weighted by molar-refractivity contribution is -0.143. The molecule has 3 amide bonds. The van der Waals surface area contributed by atoms with Gasteiger partial charge in [-0.25, -0.2) is 4.79 Å². The molecule has 14 heteroatoms. The molecule has 0 spiro atoms. The van der Waals surface area contributed by atoms with Crippen LogP contribution in [0.2, 0.25) is 0 Å². The zero-order chi connectivity index (χ0) is 29.0. The number of hydrogen-bond acceptors (Lipinski definition) is 8. The van der Waals surface area contributed by atoms with Gasteiger partial charge in [0.05, 0.1) is 12.1 Å². The molecule has 0 aromatic heterocycles. The van der Waals surface area contributed by atoms with Gasteiger partial charge in [-0.1, -0.05) is 26.0 Å². The van der Waals surface area contributed by atoms with Gasteiger partial charge in [-0.2, -0.15) is 0 Å². The summed E-state index contributed by atoms with van der Waals surface area (Å²) in [5, 5.41) is 36.5. The minimum Gasteiger partial charge on any atom is -0.508 e. The molecule has 5 atom stereocenters. The zero-order valence-corrected chi connectivity index (χ0v) is 21.8. The van der Waals surface area contributed by atoms with E-state index in [9.17, 15) is 34.5 Å². The maximum Gasteiger partial charge on any atom is 0.326 e. The Kier molecular flexibility index (Phi) is 13.0. The van der Waals surface area contributed by atoms with Gasteiger partial charge in [0.2, 0.25) is 17.7 Å². The van der Waals surface area contributed by atoms with Crippen LogP contribution < -0.4 is 33.2 Å². The molecule has 0 aliphatic rings. The van der Waals surface area contributed by atoms with Crippen LogP contribution in [0.4, 0.5) is 0 Å². The number of benzene rings is 1. The Hall–Kier alpha value is -3.91. The number of amides is 3. The molecule has 0 bridgehead atoms. The Morgan fingerprint density at radius 1 is 0.921 bits per heavy atom. The third-order valence-corrected chi connectivity index (χ3v) is 5.61. The number of nitrogens with one attached hydrogen (secondary N) is 3. The van der Waals surface area contributed by atoms with Crippen LogP contribution in [-0.4, -0.2) is 81.8 Å². The van der Waals surface area contributed by atoms with Gasteiger partial charge in [-0.15, -0.1) is 0 Å². The number of rotatable bonds is 15. The first kappa shape index (κ1) is 32.1. The molecule has 0 saturated carbocycles. The fourth-order valence-electron chi connectivity index (χ4n) is 3.42. The molecule has 1 rings (SSSR count). The van der Waals surface area contributed by atoms with E-state index in [-0.39, 0.29) is 31.1 Å². The minimum absolute atomic E-state index is 0.00365. The lowest BCUT2D eigenvalue weighted by Gasteiger charge is -2.27. The molecule has 5 unspecified atom stereocenters. The summed E-state index contributed by atoms with van der Waals surface area (Å²) in [6.45, 7) is 4.77. The maximum absolute atomic E-state index is 13.1. The van der Waals surface area contributed by atoms with Crippen molar-refractivity contribution in [3.8, 4) is 5.75 Å². The predicted molar refractivity (Wildman–Crippen MR) is 140 cm³/mol. The molecule has 0 heterocycles. The second-order valence-electron chi connectivity index (χ2n) is 9.28. The summed E-state index contributed by atoms with van der Waals surface area (Å²) in [5.74, 6) is -4.15. The first-order valence-electron chi connectivity index (χ1n) is 12.1. The molecule has 0 saturated heterocycles. The summed E-state index contributed by atoms with van der Waals surface area (Å²) in [6.07, 6.45) is -0.817. The van der Waals surface area contributed by atoms with E-state index in [2.05, 4.69) is 20.9 Å². The Morgan fingerprint density at radius 3 is 2.00 bits per heavy atom. The molecule has 212 valence electrons. The number of carboxylic acids is 1. The molecule has 0 aliphatic carbocycles. The summed E-state index contributed by atoms with van der Waals surface area (Å²) < 4.78 is 0. The van der Waals surface area contributed by atoms with Crippen LogP contribution in [0.25, 0.3) is 0 Å². The van der Waals surface area contributed by atoms with E-state index in [1.807, 2.05) is 0 Å². The molecule has 0 aliphatic heterocycles. The van der Waals surface area contributed by atoms with Gasteiger partial charge >= 0.3 is 5.97 Å². The number of aliphatic hydroxyl groups excluding tert-OH is 1. The van der Waals surface area contributed by atoms with Crippen molar-refractivity contribution in [1.82, 2.24) is 16.0 Å². The predicted octanol–water partition coefficient (Wildman–Crippen LogP) is -2.11. The Morgan fingerprint density at radius 2 is 1.50 bits per heavy atom. The molecular formula is C24H39N7O7. The number of aliphatic hydroxyl groups is 1. The highest BCUT2D eigenvalue weighted by atomic mass is 16.4. The SMILES string of the molecule is CC(C)C(NC(=O)C(Cc1ccc(O)cc1)NC(=O)C(NC(=O)C(N)CCCN=C(N)N)C(C)O)C(=O)O. The smallest absolute Gasteiger partial charge is 0.326 e. The highest BCUT2D eigenvalue weighted by Gasteiger charge is 2.33. The highest BCUT2D eigenvalue weighted by molar-refractivity contribution is 5.94. The van der Waals surface area contributed by atoms with Crippen LogP contribution in [0.1, 0.15) is 39.2 Å². The van der Waals surface area contributed by atoms with Crippen LogP contribution in [-0.2, 0) is 25.6 Å². The van der Waals surface area contributed by atoms with Crippen molar-refractivity contribution in [3.63, 3.8) is 0 Å². The molecule has 0 radical (unpaired) electrons. The number of nitrogens with two attached hydrogens (primary N) is 3. The van der Waals surface area contributed by atoms with Gasteiger partial charge in [-0.05, 0) is 43.4 Å². The topological polar surface area (TPSA) is 255 Å². The van der Waals surface area contributed by atoms with Crippen LogP contribution in [0, 0.1) is 5.92 Å². The summed E-state index contributed by atoms with van der Waals surface area (Å²) in [5.41, 5.74) is 16.9. The van der Waals surface area contributed by atoms with Crippen molar-refractivity contribution in [2.24, 2.45) is 28.1 Å². The number of aromatic hydroxyl groups is 1. The van der Waals surface area contributed by atoms with Crippen LogP contribution >= 0.6 is 0 Å². The molecule has 12 N–H and O–H groups in total. The second kappa shape index (κ2) is 15.4. The first-order valence-corrected chi connectivity index (χ1v) is 12.1. The van der Waals surface area contributed by atoms with E-state index in [4.69, 9.17) is 17.2 Å². The average Bonchev–Trinajstić information content (AvgIpc) is 2.83. The maximum atomic E-state index is 13.1. The number of phenols is 1. The van der Waals surface area contributed by atoms with Crippen molar-refractivity contribution < 1.29 is 34.5 Å². The summed E-state index contributed by atoms with van der Waals surface area (Å²) in [4.78, 5) is 54.1. The Balaban J connectivity index is 3.03. The number of hydrogen-bond donors (Lipinski definition) is 9. The Labute approximate surface area is 221 Å². The van der Waals surface area contributed by atoms with E-state index in [0.29, 0.717) is 12.0 Å². The standard InChI is InChI=1S/C24H39N7O7/c1-12(2)18(23(37)38)30-21(35)17(11-14-6-8-15(33)9-7-14)29-22(36)19(13(3)32)31-20(34)16(25)5-4-10-28-24(26)27/h6-9,12-13,16-19,32-33H,4-5,10-11,25H2,1-3H3,(H,29,36)(H,30,35)(H,31,34)(H,37,38)(H4,26,27,28). The van der Waals surface area contributed by atoms with E-state index < -0.39 is 59.9 Å². The van der Waals surface area contributed by atoms with Crippen LogP contribution in [0.3, 0.4) is 0 Å². The molecule has 0 fully saturated rings. The number of nitrogens with zero attached hydrogens (tertiary/aromatic N) is 1.